The molecule has 0 aliphatic heterocycles. The van der Waals surface area contributed by atoms with E-state index in [0.717, 1.165) is 21.5 Å². The van der Waals surface area contributed by atoms with Gasteiger partial charge in [0.15, 0.2) is 0 Å². The van der Waals surface area contributed by atoms with E-state index in [4.69, 9.17) is 4.74 Å². The Labute approximate surface area is 145 Å². The van der Waals surface area contributed by atoms with Gasteiger partial charge in [0.25, 0.3) is 0 Å². The molecule has 0 heterocycles. The zero-order valence-electron chi connectivity index (χ0n) is 13.6. The van der Waals surface area contributed by atoms with Crippen LogP contribution in [0.5, 0.6) is 5.75 Å². The molecular formula is C18H21BrN2O2. The largest absolute Gasteiger partial charge is 0.496 e. The molecule has 0 bridgehead atoms. The van der Waals surface area contributed by atoms with E-state index in [-0.39, 0.29) is 5.91 Å². The topological polar surface area (TPSA) is 32.8 Å². The molecule has 0 aliphatic carbocycles. The second kappa shape index (κ2) is 8.13. The molecule has 2 aromatic carbocycles. The van der Waals surface area contributed by atoms with E-state index in [1.165, 1.54) is 0 Å². The van der Waals surface area contributed by atoms with Crippen LogP contribution in [0.25, 0.3) is 0 Å². The Bertz CT molecular complexity index is 661. The molecule has 0 unspecified atom stereocenters. The fraction of sp³-hybridized carbons (Fsp3) is 0.278. The minimum absolute atomic E-state index is 0.0488. The number of carbonyl (C=O) groups excluding carboxylic acids is 1. The third kappa shape index (κ3) is 4.81. The van der Waals surface area contributed by atoms with Crippen molar-refractivity contribution < 1.29 is 9.53 Å². The molecule has 23 heavy (non-hydrogen) atoms. The number of para-hydroxylation sites is 1. The van der Waals surface area contributed by atoms with Crippen molar-refractivity contribution in [1.82, 2.24) is 4.90 Å². The van der Waals surface area contributed by atoms with E-state index in [1.54, 1.807) is 19.1 Å². The minimum atomic E-state index is 0.0488. The second-order valence-electron chi connectivity index (χ2n) is 5.42. The van der Waals surface area contributed by atoms with Crippen LogP contribution >= 0.6 is 15.9 Å². The number of hydrogen-bond acceptors (Lipinski definition) is 3. The second-order valence-corrected chi connectivity index (χ2v) is 6.33. The Morgan fingerprint density at radius 1 is 1.13 bits per heavy atom. The molecule has 0 N–H and O–H groups in total. The van der Waals surface area contributed by atoms with Gasteiger partial charge in [0.05, 0.1) is 13.7 Å². The molecule has 2 rings (SSSR count). The highest BCUT2D eigenvalue weighted by Gasteiger charge is 2.15. The molecule has 0 radical (unpaired) electrons. The van der Waals surface area contributed by atoms with Crippen LogP contribution in [-0.2, 0) is 11.3 Å². The Morgan fingerprint density at radius 2 is 1.83 bits per heavy atom. The zero-order valence-corrected chi connectivity index (χ0v) is 15.2. The van der Waals surface area contributed by atoms with Crippen molar-refractivity contribution in [2.45, 2.75) is 6.54 Å². The average molecular weight is 377 g/mol. The Hall–Kier alpha value is -1.85. The maximum atomic E-state index is 12.4. The number of methoxy groups -OCH3 is 1. The molecule has 0 spiro atoms. The highest BCUT2D eigenvalue weighted by atomic mass is 79.9. The summed E-state index contributed by atoms with van der Waals surface area (Å²) < 4.78 is 6.37. The van der Waals surface area contributed by atoms with Crippen LogP contribution in [0.3, 0.4) is 0 Å². The van der Waals surface area contributed by atoms with Crippen LogP contribution in [0.1, 0.15) is 5.56 Å². The van der Waals surface area contributed by atoms with E-state index in [2.05, 4.69) is 15.9 Å². The predicted octanol–water partition coefficient (Wildman–Crippen LogP) is 3.55. The smallest absolute Gasteiger partial charge is 0.240 e. The molecule has 2 aromatic rings. The van der Waals surface area contributed by atoms with Gasteiger partial charge in [-0.1, -0.05) is 34.1 Å². The summed E-state index contributed by atoms with van der Waals surface area (Å²) in [5.74, 6) is 0.872. The summed E-state index contributed by atoms with van der Waals surface area (Å²) >= 11 is 3.47. The van der Waals surface area contributed by atoms with Gasteiger partial charge in [-0.15, -0.1) is 0 Å². The number of nitrogens with zero attached hydrogens (tertiary/aromatic N) is 2. The summed E-state index contributed by atoms with van der Waals surface area (Å²) in [6, 6.07) is 15.5. The standard InChI is InChI=1S/C18H21BrN2O2/c1-20(12-14-11-15(19)9-10-17(14)23-3)13-18(22)21(2)16-7-5-4-6-8-16/h4-11H,12-13H2,1-3H3. The number of carbonyl (C=O) groups is 1. The van der Waals surface area contributed by atoms with E-state index in [1.807, 2.05) is 60.5 Å². The van der Waals surface area contributed by atoms with Gasteiger partial charge >= 0.3 is 0 Å². The SMILES string of the molecule is COc1ccc(Br)cc1CN(C)CC(=O)N(C)c1ccccc1. The van der Waals surface area contributed by atoms with Gasteiger partial charge in [-0.25, -0.2) is 0 Å². The molecule has 0 saturated heterocycles. The van der Waals surface area contributed by atoms with E-state index < -0.39 is 0 Å². The van der Waals surface area contributed by atoms with Gasteiger partial charge in [-0.2, -0.15) is 0 Å². The molecule has 0 fully saturated rings. The number of amides is 1. The molecule has 0 saturated carbocycles. The van der Waals surface area contributed by atoms with Gasteiger partial charge in [0.2, 0.25) is 5.91 Å². The highest BCUT2D eigenvalue weighted by Crippen LogP contribution is 2.24. The first kappa shape index (κ1) is 17.5. The number of halogens is 1. The Kier molecular flexibility index (Phi) is 6.19. The molecule has 4 nitrogen and oxygen atoms in total. The molecular weight excluding hydrogens is 356 g/mol. The van der Waals surface area contributed by atoms with Crippen molar-refractivity contribution in [3.63, 3.8) is 0 Å². The minimum Gasteiger partial charge on any atom is -0.496 e. The van der Waals surface area contributed by atoms with Crippen molar-refractivity contribution in [3.8, 4) is 5.75 Å². The molecule has 0 atom stereocenters. The van der Waals surface area contributed by atoms with Crippen LogP contribution in [0.15, 0.2) is 53.0 Å². The van der Waals surface area contributed by atoms with Crippen molar-refractivity contribution in [3.05, 3.63) is 58.6 Å². The summed E-state index contributed by atoms with van der Waals surface area (Å²) in [6.45, 7) is 0.970. The lowest BCUT2D eigenvalue weighted by molar-refractivity contribution is -0.119. The van der Waals surface area contributed by atoms with Crippen molar-refractivity contribution >= 4 is 27.5 Å². The quantitative estimate of drug-likeness (QED) is 0.772. The lowest BCUT2D eigenvalue weighted by Crippen LogP contribution is -2.36. The summed E-state index contributed by atoms with van der Waals surface area (Å²) in [4.78, 5) is 16.1. The van der Waals surface area contributed by atoms with Crippen LogP contribution in [0, 0.1) is 0 Å². The zero-order chi connectivity index (χ0) is 16.8. The maximum Gasteiger partial charge on any atom is 0.240 e. The van der Waals surface area contributed by atoms with E-state index in [0.29, 0.717) is 13.1 Å². The molecule has 0 aromatic heterocycles. The molecule has 1 amide bonds. The van der Waals surface area contributed by atoms with Crippen LogP contribution in [-0.4, -0.2) is 38.6 Å². The first-order valence-electron chi connectivity index (χ1n) is 7.34. The first-order chi connectivity index (χ1) is 11.0. The summed E-state index contributed by atoms with van der Waals surface area (Å²) in [5.41, 5.74) is 1.94. The van der Waals surface area contributed by atoms with Crippen LogP contribution in [0.4, 0.5) is 5.69 Å². The normalized spacial score (nSPS) is 10.7. The van der Waals surface area contributed by atoms with Gasteiger partial charge in [0.1, 0.15) is 5.75 Å². The lowest BCUT2D eigenvalue weighted by Gasteiger charge is -2.22. The van der Waals surface area contributed by atoms with Gasteiger partial charge in [-0.05, 0) is 37.4 Å². The van der Waals surface area contributed by atoms with Crippen molar-refractivity contribution in [2.75, 3.05) is 32.6 Å². The summed E-state index contributed by atoms with van der Waals surface area (Å²) in [6.07, 6.45) is 0. The van der Waals surface area contributed by atoms with Gasteiger partial charge in [-0.3, -0.25) is 9.69 Å². The number of ether oxygens (including phenoxy) is 1. The molecule has 0 aliphatic rings. The summed E-state index contributed by atoms with van der Waals surface area (Å²) in [5, 5.41) is 0. The third-order valence-corrected chi connectivity index (χ3v) is 4.10. The number of hydrogen-bond donors (Lipinski definition) is 0. The number of anilines is 1. The third-order valence-electron chi connectivity index (χ3n) is 3.61. The predicted molar refractivity (Wildman–Crippen MR) is 96.9 cm³/mol. The molecule has 5 heteroatoms. The highest BCUT2D eigenvalue weighted by molar-refractivity contribution is 9.10. The molecule has 122 valence electrons. The van der Waals surface area contributed by atoms with E-state index >= 15 is 0 Å². The number of rotatable bonds is 6. The average Bonchev–Trinajstić information content (AvgIpc) is 2.55. The Morgan fingerprint density at radius 3 is 2.48 bits per heavy atom. The fourth-order valence-electron chi connectivity index (χ4n) is 2.35. The number of likely N-dealkylation sites (N-methyl/N-ethyl adjacent to an activating group) is 2. The first-order valence-corrected chi connectivity index (χ1v) is 8.13. The Balaban J connectivity index is 2.01. The van der Waals surface area contributed by atoms with Crippen molar-refractivity contribution in [2.24, 2.45) is 0 Å². The van der Waals surface area contributed by atoms with Crippen LogP contribution < -0.4 is 9.64 Å². The maximum absolute atomic E-state index is 12.4. The monoisotopic (exact) mass is 376 g/mol. The van der Waals surface area contributed by atoms with E-state index in [9.17, 15) is 4.79 Å². The van der Waals surface area contributed by atoms with Crippen molar-refractivity contribution in [1.29, 1.82) is 0 Å². The van der Waals surface area contributed by atoms with Gasteiger partial charge < -0.3 is 9.64 Å². The lowest BCUT2D eigenvalue weighted by atomic mass is 10.2. The summed E-state index contributed by atoms with van der Waals surface area (Å²) in [7, 11) is 5.38. The van der Waals surface area contributed by atoms with Gasteiger partial charge in [0, 0.05) is 29.3 Å². The number of benzene rings is 2. The fourth-order valence-corrected chi connectivity index (χ4v) is 2.76. The van der Waals surface area contributed by atoms with Crippen LogP contribution in [0.2, 0.25) is 0 Å².